The molecule has 98 valence electrons. The second-order valence-electron chi connectivity index (χ2n) is 5.86. The van der Waals surface area contributed by atoms with E-state index in [0.29, 0.717) is 12.5 Å². The van der Waals surface area contributed by atoms with Crippen LogP contribution < -0.4 is 4.74 Å². The van der Waals surface area contributed by atoms with Crippen LogP contribution in [0.5, 0.6) is 5.75 Å². The molecule has 1 fully saturated rings. The fourth-order valence-electron chi connectivity index (χ4n) is 3.15. The van der Waals surface area contributed by atoms with Gasteiger partial charge in [-0.05, 0) is 19.9 Å². The third-order valence-electron chi connectivity index (χ3n) is 4.25. The van der Waals surface area contributed by atoms with Gasteiger partial charge in [-0.25, -0.2) is 0 Å². The Morgan fingerprint density at radius 2 is 2.17 bits per heavy atom. The molecule has 3 rings (SSSR count). The maximum atomic E-state index is 10.3. The lowest BCUT2D eigenvalue weighted by atomic mass is 9.88. The zero-order valence-electron chi connectivity index (χ0n) is 11.1. The van der Waals surface area contributed by atoms with E-state index in [1.54, 1.807) is 0 Å². The van der Waals surface area contributed by atoms with Gasteiger partial charge in [0.1, 0.15) is 11.4 Å². The number of hydrogen-bond acceptors (Lipinski definition) is 3. The van der Waals surface area contributed by atoms with Gasteiger partial charge < -0.3 is 9.84 Å². The van der Waals surface area contributed by atoms with Gasteiger partial charge in [0.25, 0.3) is 0 Å². The number of likely N-dealkylation sites (tertiary alicyclic amines) is 1. The molecule has 1 aromatic carbocycles. The highest BCUT2D eigenvalue weighted by molar-refractivity contribution is 5.38. The van der Waals surface area contributed by atoms with Crippen LogP contribution in [0.2, 0.25) is 0 Å². The number of hydrogen-bond donors (Lipinski definition) is 1. The SMILES string of the molecule is CC(C)N1CCC2(C[C@@H](O)c3ccccc3O2)C1. The van der Waals surface area contributed by atoms with E-state index in [2.05, 4.69) is 18.7 Å². The third kappa shape index (κ3) is 1.91. The van der Waals surface area contributed by atoms with Crippen molar-refractivity contribution < 1.29 is 9.84 Å². The molecule has 1 aromatic rings. The van der Waals surface area contributed by atoms with Crippen LogP contribution in [0.25, 0.3) is 0 Å². The van der Waals surface area contributed by atoms with Crippen molar-refractivity contribution in [3.63, 3.8) is 0 Å². The van der Waals surface area contributed by atoms with Crippen molar-refractivity contribution >= 4 is 0 Å². The van der Waals surface area contributed by atoms with E-state index < -0.39 is 0 Å². The summed E-state index contributed by atoms with van der Waals surface area (Å²) >= 11 is 0. The van der Waals surface area contributed by atoms with Crippen LogP contribution >= 0.6 is 0 Å². The number of benzene rings is 1. The van der Waals surface area contributed by atoms with Gasteiger partial charge >= 0.3 is 0 Å². The quantitative estimate of drug-likeness (QED) is 0.827. The van der Waals surface area contributed by atoms with E-state index >= 15 is 0 Å². The molecular formula is C15H21NO2. The molecule has 1 unspecified atom stereocenters. The Morgan fingerprint density at radius 1 is 1.39 bits per heavy atom. The standard InChI is InChI=1S/C15H21NO2/c1-11(2)16-8-7-15(10-16)9-13(17)12-5-3-4-6-14(12)18-15/h3-6,11,13,17H,7-10H2,1-2H3/t13-,15?/m1/s1. The van der Waals surface area contributed by atoms with E-state index in [4.69, 9.17) is 4.74 Å². The summed E-state index contributed by atoms with van der Waals surface area (Å²) in [5.41, 5.74) is 0.754. The number of aliphatic hydroxyl groups is 1. The maximum Gasteiger partial charge on any atom is 0.126 e. The van der Waals surface area contributed by atoms with Crippen molar-refractivity contribution in [2.24, 2.45) is 0 Å². The molecule has 18 heavy (non-hydrogen) atoms. The van der Waals surface area contributed by atoms with Gasteiger partial charge in [-0.2, -0.15) is 0 Å². The lowest BCUT2D eigenvalue weighted by Gasteiger charge is -2.38. The van der Waals surface area contributed by atoms with Crippen molar-refractivity contribution in [3.05, 3.63) is 29.8 Å². The molecule has 0 bridgehead atoms. The number of fused-ring (bicyclic) bond motifs is 1. The van der Waals surface area contributed by atoms with Gasteiger partial charge in [0.15, 0.2) is 0 Å². The zero-order chi connectivity index (χ0) is 12.8. The summed E-state index contributed by atoms with van der Waals surface area (Å²) in [6.07, 6.45) is 1.34. The third-order valence-corrected chi connectivity index (χ3v) is 4.25. The first-order valence-electron chi connectivity index (χ1n) is 6.80. The van der Waals surface area contributed by atoms with Crippen LogP contribution in [0.4, 0.5) is 0 Å². The highest BCUT2D eigenvalue weighted by atomic mass is 16.5. The number of rotatable bonds is 1. The fraction of sp³-hybridized carbons (Fsp3) is 0.600. The number of aliphatic hydroxyl groups excluding tert-OH is 1. The second-order valence-corrected chi connectivity index (χ2v) is 5.86. The normalized spacial score (nSPS) is 31.7. The maximum absolute atomic E-state index is 10.3. The molecule has 1 spiro atoms. The Morgan fingerprint density at radius 3 is 2.89 bits per heavy atom. The molecule has 3 heteroatoms. The summed E-state index contributed by atoms with van der Waals surface area (Å²) < 4.78 is 6.23. The summed E-state index contributed by atoms with van der Waals surface area (Å²) in [5, 5.41) is 10.3. The highest BCUT2D eigenvalue weighted by Gasteiger charge is 2.45. The first kappa shape index (κ1) is 12.0. The molecule has 2 aliphatic rings. The van der Waals surface area contributed by atoms with E-state index in [1.165, 1.54) is 0 Å². The van der Waals surface area contributed by atoms with E-state index in [1.807, 2.05) is 24.3 Å². The van der Waals surface area contributed by atoms with E-state index in [9.17, 15) is 5.11 Å². The van der Waals surface area contributed by atoms with Crippen molar-refractivity contribution in [3.8, 4) is 5.75 Å². The number of nitrogens with zero attached hydrogens (tertiary/aromatic N) is 1. The second kappa shape index (κ2) is 4.25. The molecule has 0 aliphatic carbocycles. The Bertz CT molecular complexity index is 446. The van der Waals surface area contributed by atoms with Crippen molar-refractivity contribution in [2.75, 3.05) is 13.1 Å². The molecule has 0 radical (unpaired) electrons. The van der Waals surface area contributed by atoms with Gasteiger partial charge in [0.2, 0.25) is 0 Å². The van der Waals surface area contributed by atoms with Crippen LogP contribution in [0.15, 0.2) is 24.3 Å². The van der Waals surface area contributed by atoms with Crippen LogP contribution in [0, 0.1) is 0 Å². The van der Waals surface area contributed by atoms with Crippen LogP contribution in [-0.4, -0.2) is 34.7 Å². The van der Waals surface area contributed by atoms with Gasteiger partial charge in [-0.3, -0.25) is 4.90 Å². The molecule has 0 amide bonds. The lowest BCUT2D eigenvalue weighted by Crippen LogP contribution is -2.44. The summed E-state index contributed by atoms with van der Waals surface area (Å²) in [5.74, 6) is 0.863. The first-order chi connectivity index (χ1) is 8.60. The lowest BCUT2D eigenvalue weighted by molar-refractivity contribution is -0.00887. The Hall–Kier alpha value is -1.06. The van der Waals surface area contributed by atoms with Crippen molar-refractivity contribution in [1.29, 1.82) is 0 Å². The van der Waals surface area contributed by atoms with Crippen molar-refractivity contribution in [1.82, 2.24) is 4.90 Å². The van der Waals surface area contributed by atoms with Crippen molar-refractivity contribution in [2.45, 2.75) is 44.4 Å². The van der Waals surface area contributed by atoms with Gasteiger partial charge in [0.05, 0.1) is 6.10 Å². The first-order valence-corrected chi connectivity index (χ1v) is 6.80. The summed E-state index contributed by atoms with van der Waals surface area (Å²) in [6.45, 7) is 6.42. The summed E-state index contributed by atoms with van der Waals surface area (Å²) in [6, 6.07) is 8.40. The van der Waals surface area contributed by atoms with E-state index in [-0.39, 0.29) is 11.7 Å². The molecule has 2 heterocycles. The largest absolute Gasteiger partial charge is 0.485 e. The van der Waals surface area contributed by atoms with Crippen LogP contribution in [0.3, 0.4) is 0 Å². The molecule has 0 saturated carbocycles. The highest BCUT2D eigenvalue weighted by Crippen LogP contribution is 2.43. The zero-order valence-corrected chi connectivity index (χ0v) is 11.1. The van der Waals surface area contributed by atoms with Gasteiger partial charge in [-0.15, -0.1) is 0 Å². The van der Waals surface area contributed by atoms with Crippen LogP contribution in [-0.2, 0) is 0 Å². The minimum Gasteiger partial charge on any atom is -0.485 e. The molecule has 1 saturated heterocycles. The Kier molecular flexibility index (Phi) is 2.83. The predicted molar refractivity (Wildman–Crippen MR) is 70.7 cm³/mol. The topological polar surface area (TPSA) is 32.7 Å². The summed E-state index contributed by atoms with van der Waals surface area (Å²) in [7, 11) is 0. The number of ether oxygens (including phenoxy) is 1. The average Bonchev–Trinajstić information content (AvgIpc) is 2.73. The molecule has 0 aromatic heterocycles. The van der Waals surface area contributed by atoms with Crippen LogP contribution in [0.1, 0.15) is 38.4 Å². The average molecular weight is 247 g/mol. The van der Waals surface area contributed by atoms with E-state index in [0.717, 1.165) is 30.8 Å². The minimum absolute atomic E-state index is 0.183. The van der Waals surface area contributed by atoms with Gasteiger partial charge in [0, 0.05) is 37.5 Å². The molecule has 2 aliphatic heterocycles. The molecule has 3 nitrogen and oxygen atoms in total. The fourth-order valence-corrected chi connectivity index (χ4v) is 3.15. The monoisotopic (exact) mass is 247 g/mol. The van der Waals surface area contributed by atoms with Gasteiger partial charge in [-0.1, -0.05) is 18.2 Å². The minimum atomic E-state index is -0.387. The Balaban J connectivity index is 1.86. The number of para-hydroxylation sites is 1. The predicted octanol–water partition coefficient (Wildman–Crippen LogP) is 2.36. The summed E-state index contributed by atoms with van der Waals surface area (Å²) in [4.78, 5) is 2.43. The molecule has 2 atom stereocenters. The Labute approximate surface area is 108 Å². The molecule has 1 N–H and O–H groups in total. The smallest absolute Gasteiger partial charge is 0.126 e. The molecular weight excluding hydrogens is 226 g/mol.